The number of nitrogens with two attached hydrogens (primary N) is 1. The van der Waals surface area contributed by atoms with Crippen molar-refractivity contribution < 1.29 is 4.74 Å². The number of hydrogen-bond acceptors (Lipinski definition) is 4. The molecule has 2 rings (SSSR count). The highest BCUT2D eigenvalue weighted by Gasteiger charge is 2.10. The van der Waals surface area contributed by atoms with Crippen molar-refractivity contribution in [2.24, 2.45) is 0 Å². The van der Waals surface area contributed by atoms with Gasteiger partial charge in [0.25, 0.3) is 0 Å². The molecule has 2 aromatic rings. The molecule has 0 aliphatic rings. The maximum Gasteiger partial charge on any atom is 0.146 e. The van der Waals surface area contributed by atoms with Crippen LogP contribution in [0.4, 0.5) is 5.82 Å². The zero-order chi connectivity index (χ0) is 13.1. The molecule has 0 spiro atoms. The number of ether oxygens (including phenoxy) is 1. The van der Waals surface area contributed by atoms with Crippen LogP contribution in [0.25, 0.3) is 0 Å². The van der Waals surface area contributed by atoms with Crippen LogP contribution in [0.5, 0.6) is 11.5 Å². The molecule has 0 bridgehead atoms. The van der Waals surface area contributed by atoms with E-state index in [4.69, 9.17) is 27.3 Å². The molecule has 0 saturated heterocycles. The molecule has 1 aromatic carbocycles. The second-order valence-electron chi connectivity index (χ2n) is 3.37. The van der Waals surface area contributed by atoms with E-state index in [-0.39, 0.29) is 5.56 Å². The average molecular weight is 325 g/mol. The lowest BCUT2D eigenvalue weighted by Gasteiger charge is -2.09. The van der Waals surface area contributed by atoms with Gasteiger partial charge in [0.2, 0.25) is 0 Å². The molecule has 1 heterocycles. The second kappa shape index (κ2) is 5.25. The van der Waals surface area contributed by atoms with E-state index < -0.39 is 0 Å². The van der Waals surface area contributed by atoms with Crippen LogP contribution in [0.1, 0.15) is 5.56 Å². The fourth-order valence-corrected chi connectivity index (χ4v) is 1.84. The molecule has 0 aliphatic heterocycles. The van der Waals surface area contributed by atoms with Crippen LogP contribution in [0.15, 0.2) is 34.9 Å². The molecule has 1 aromatic heterocycles. The van der Waals surface area contributed by atoms with Crippen molar-refractivity contribution in [3.63, 3.8) is 0 Å². The third-order valence-electron chi connectivity index (χ3n) is 2.15. The van der Waals surface area contributed by atoms with Crippen LogP contribution < -0.4 is 10.5 Å². The summed E-state index contributed by atoms with van der Waals surface area (Å²) in [6, 6.07) is 8.55. The van der Waals surface area contributed by atoms with E-state index >= 15 is 0 Å². The van der Waals surface area contributed by atoms with Gasteiger partial charge in [-0.15, -0.1) is 0 Å². The Morgan fingerprint density at radius 3 is 2.89 bits per heavy atom. The fourth-order valence-electron chi connectivity index (χ4n) is 1.33. The Labute approximate surface area is 117 Å². The Balaban J connectivity index is 2.44. The predicted molar refractivity (Wildman–Crippen MR) is 72.6 cm³/mol. The molecule has 0 aliphatic carbocycles. The first-order valence-electron chi connectivity index (χ1n) is 4.89. The monoisotopic (exact) mass is 323 g/mol. The lowest BCUT2D eigenvalue weighted by molar-refractivity contribution is 0.477. The lowest BCUT2D eigenvalue weighted by atomic mass is 10.2. The van der Waals surface area contributed by atoms with E-state index in [0.717, 1.165) is 0 Å². The minimum Gasteiger partial charge on any atom is -0.455 e. The van der Waals surface area contributed by atoms with Gasteiger partial charge in [-0.05, 0) is 28.1 Å². The topological polar surface area (TPSA) is 71.9 Å². The lowest BCUT2D eigenvalue weighted by Crippen LogP contribution is -1.94. The van der Waals surface area contributed by atoms with E-state index in [9.17, 15) is 0 Å². The molecule has 0 saturated carbocycles. The van der Waals surface area contributed by atoms with Crippen molar-refractivity contribution in [3.8, 4) is 17.6 Å². The maximum atomic E-state index is 9.04. The van der Waals surface area contributed by atoms with Gasteiger partial charge in [0.1, 0.15) is 28.9 Å². The van der Waals surface area contributed by atoms with Crippen LogP contribution >= 0.6 is 27.5 Å². The normalized spacial score (nSPS) is 9.83. The molecule has 2 N–H and O–H groups in total. The molecule has 0 amide bonds. The maximum absolute atomic E-state index is 9.04. The molecular formula is C12H7BrClN3O. The molecule has 18 heavy (non-hydrogen) atoms. The molecule has 0 atom stereocenters. The number of nitrogen functional groups attached to an aromatic ring is 1. The molecule has 0 fully saturated rings. The Bertz CT molecular complexity index is 640. The average Bonchev–Trinajstić information content (AvgIpc) is 2.34. The number of halogens is 2. The van der Waals surface area contributed by atoms with Gasteiger partial charge in [-0.25, -0.2) is 4.98 Å². The van der Waals surface area contributed by atoms with E-state index in [2.05, 4.69) is 20.9 Å². The fraction of sp³-hybridized carbons (Fsp3) is 0. The van der Waals surface area contributed by atoms with Gasteiger partial charge in [0, 0.05) is 12.3 Å². The smallest absolute Gasteiger partial charge is 0.146 e. The first-order valence-corrected chi connectivity index (χ1v) is 6.06. The van der Waals surface area contributed by atoms with E-state index in [1.807, 2.05) is 6.07 Å². The third kappa shape index (κ3) is 2.55. The van der Waals surface area contributed by atoms with Crippen LogP contribution in [0.2, 0.25) is 5.02 Å². The zero-order valence-electron chi connectivity index (χ0n) is 9.02. The van der Waals surface area contributed by atoms with Crippen molar-refractivity contribution in [1.29, 1.82) is 5.26 Å². The van der Waals surface area contributed by atoms with Gasteiger partial charge in [-0.3, -0.25) is 0 Å². The molecule has 90 valence electrons. The van der Waals surface area contributed by atoms with Gasteiger partial charge in [0.05, 0.1) is 9.50 Å². The van der Waals surface area contributed by atoms with Gasteiger partial charge < -0.3 is 10.5 Å². The number of rotatable bonds is 2. The van der Waals surface area contributed by atoms with Crippen molar-refractivity contribution in [3.05, 3.63) is 45.5 Å². The summed E-state index contributed by atoms with van der Waals surface area (Å²) in [7, 11) is 0. The summed E-state index contributed by atoms with van der Waals surface area (Å²) in [4.78, 5) is 3.90. The summed E-state index contributed by atoms with van der Waals surface area (Å²) < 4.78 is 6.26. The highest BCUT2D eigenvalue weighted by molar-refractivity contribution is 9.10. The molecule has 0 unspecified atom stereocenters. The Morgan fingerprint density at radius 2 is 2.17 bits per heavy atom. The predicted octanol–water partition coefficient (Wildman–Crippen LogP) is 3.74. The molecule has 0 radical (unpaired) electrons. The van der Waals surface area contributed by atoms with Crippen molar-refractivity contribution in [2.75, 3.05) is 5.73 Å². The second-order valence-corrected chi connectivity index (χ2v) is 4.63. The number of benzene rings is 1. The van der Waals surface area contributed by atoms with E-state index in [1.165, 1.54) is 6.20 Å². The summed E-state index contributed by atoms with van der Waals surface area (Å²) in [6.45, 7) is 0. The van der Waals surface area contributed by atoms with Crippen LogP contribution in [0.3, 0.4) is 0 Å². The highest BCUT2D eigenvalue weighted by Crippen LogP contribution is 2.34. The highest BCUT2D eigenvalue weighted by atomic mass is 79.9. The first-order chi connectivity index (χ1) is 8.61. The summed E-state index contributed by atoms with van der Waals surface area (Å²) in [5, 5.41) is 9.38. The Hall–Kier alpha value is -1.77. The summed E-state index contributed by atoms with van der Waals surface area (Å²) in [5.74, 6) is 1.17. The van der Waals surface area contributed by atoms with E-state index in [1.54, 1.807) is 24.3 Å². The number of anilines is 1. The SMILES string of the molecule is N#Cc1c(Cl)cccc1Oc1cc(N)ncc1Br. The quantitative estimate of drug-likeness (QED) is 0.913. The van der Waals surface area contributed by atoms with Crippen molar-refractivity contribution in [2.45, 2.75) is 0 Å². The summed E-state index contributed by atoms with van der Waals surface area (Å²) >= 11 is 9.21. The van der Waals surface area contributed by atoms with Gasteiger partial charge in [-0.1, -0.05) is 17.7 Å². The third-order valence-corrected chi connectivity index (χ3v) is 3.06. The minimum atomic E-state index is 0.279. The summed E-state index contributed by atoms with van der Waals surface area (Å²) in [5.41, 5.74) is 5.86. The minimum absolute atomic E-state index is 0.279. The van der Waals surface area contributed by atoms with Crippen LogP contribution in [-0.2, 0) is 0 Å². The van der Waals surface area contributed by atoms with Crippen LogP contribution in [-0.4, -0.2) is 4.98 Å². The van der Waals surface area contributed by atoms with Gasteiger partial charge in [0.15, 0.2) is 0 Å². The Morgan fingerprint density at radius 1 is 1.39 bits per heavy atom. The van der Waals surface area contributed by atoms with Gasteiger partial charge >= 0.3 is 0 Å². The van der Waals surface area contributed by atoms with Crippen molar-refractivity contribution in [1.82, 2.24) is 4.98 Å². The molecule has 4 nitrogen and oxygen atoms in total. The van der Waals surface area contributed by atoms with E-state index in [0.29, 0.717) is 26.8 Å². The van der Waals surface area contributed by atoms with Crippen LogP contribution in [0, 0.1) is 11.3 Å². The molecule has 6 heteroatoms. The number of pyridine rings is 1. The van der Waals surface area contributed by atoms with Crippen molar-refractivity contribution >= 4 is 33.3 Å². The molecular weight excluding hydrogens is 318 g/mol. The standard InChI is InChI=1S/C12H7BrClN3O/c13-8-6-17-12(16)4-11(8)18-10-3-1-2-9(14)7(10)5-15/h1-4,6H,(H2,16,17). The number of nitrogens with zero attached hydrogens (tertiary/aromatic N) is 2. The number of nitriles is 1. The zero-order valence-corrected chi connectivity index (χ0v) is 11.4. The number of aromatic nitrogens is 1. The van der Waals surface area contributed by atoms with Gasteiger partial charge in [-0.2, -0.15) is 5.26 Å². The first kappa shape index (κ1) is 12.7. The Kier molecular flexibility index (Phi) is 3.70. The largest absolute Gasteiger partial charge is 0.455 e. The summed E-state index contributed by atoms with van der Waals surface area (Å²) in [6.07, 6.45) is 1.53. The number of hydrogen-bond donors (Lipinski definition) is 1.